The van der Waals surface area contributed by atoms with Crippen LogP contribution in [-0.2, 0) is 12.6 Å². The molecule has 0 unspecified atom stereocenters. The van der Waals surface area contributed by atoms with Crippen molar-refractivity contribution in [3.63, 3.8) is 0 Å². The van der Waals surface area contributed by atoms with E-state index in [0.717, 1.165) is 30.0 Å². The molecule has 3 aromatic rings. The van der Waals surface area contributed by atoms with E-state index in [1.807, 2.05) is 13.0 Å². The van der Waals surface area contributed by atoms with Gasteiger partial charge in [0.1, 0.15) is 10.6 Å². The summed E-state index contributed by atoms with van der Waals surface area (Å²) in [6.45, 7) is 2.77. The van der Waals surface area contributed by atoms with Crippen LogP contribution in [0.2, 0.25) is 0 Å². The summed E-state index contributed by atoms with van der Waals surface area (Å²) >= 11 is 0.571. The molecule has 30 heavy (non-hydrogen) atoms. The fourth-order valence-electron chi connectivity index (χ4n) is 3.87. The van der Waals surface area contributed by atoms with Crippen LogP contribution >= 0.6 is 11.3 Å². The Morgan fingerprint density at radius 3 is 2.87 bits per heavy atom. The molecular weight excluding hydrogens is 417 g/mol. The number of thiophene rings is 1. The van der Waals surface area contributed by atoms with Crippen LogP contribution in [0.15, 0.2) is 30.6 Å². The van der Waals surface area contributed by atoms with Gasteiger partial charge in [-0.05, 0) is 38.0 Å². The zero-order valence-electron chi connectivity index (χ0n) is 15.9. The van der Waals surface area contributed by atoms with Gasteiger partial charge < -0.3 is 4.74 Å². The van der Waals surface area contributed by atoms with Crippen LogP contribution in [0.1, 0.15) is 40.3 Å². The van der Waals surface area contributed by atoms with Crippen molar-refractivity contribution in [1.29, 1.82) is 0 Å². The first-order chi connectivity index (χ1) is 14.3. The summed E-state index contributed by atoms with van der Waals surface area (Å²) in [4.78, 5) is 18.4. The van der Waals surface area contributed by atoms with Gasteiger partial charge in [0.25, 0.3) is 5.91 Å². The number of alkyl halides is 3. The van der Waals surface area contributed by atoms with Crippen LogP contribution < -0.4 is 9.64 Å². The molecule has 5 heterocycles. The van der Waals surface area contributed by atoms with Gasteiger partial charge in [0.2, 0.25) is 5.88 Å². The second kappa shape index (κ2) is 6.83. The lowest BCUT2D eigenvalue weighted by Crippen LogP contribution is -2.42. The number of rotatable bonds is 2. The monoisotopic (exact) mass is 434 g/mol. The van der Waals surface area contributed by atoms with Gasteiger partial charge in [0, 0.05) is 29.4 Å². The van der Waals surface area contributed by atoms with E-state index < -0.39 is 11.1 Å². The van der Waals surface area contributed by atoms with E-state index in [4.69, 9.17) is 4.74 Å². The molecule has 2 aliphatic rings. The lowest BCUT2D eigenvalue weighted by atomic mass is 10.0. The topological polar surface area (TPSA) is 60.3 Å². The van der Waals surface area contributed by atoms with E-state index in [1.54, 1.807) is 17.1 Å². The van der Waals surface area contributed by atoms with Crippen LogP contribution in [-0.4, -0.2) is 33.8 Å². The molecule has 1 amide bonds. The SMILES string of the molecule is C[C@H]1CN(c2ccc(C(F)(F)F)s2)C(=O)c2c(-c3cnc4c(c3)CCCO4)cnn21. The lowest BCUT2D eigenvalue weighted by molar-refractivity contribution is -0.134. The number of halogens is 3. The molecular formula is C20H17F3N4O2S. The van der Waals surface area contributed by atoms with E-state index in [0.29, 0.717) is 35.1 Å². The summed E-state index contributed by atoms with van der Waals surface area (Å²) in [5, 5.41) is 4.66. The van der Waals surface area contributed by atoms with E-state index >= 15 is 0 Å². The number of aryl methyl sites for hydroxylation is 1. The average molecular weight is 434 g/mol. The lowest BCUT2D eigenvalue weighted by Gasteiger charge is -2.31. The van der Waals surface area contributed by atoms with Gasteiger partial charge in [-0.1, -0.05) is 0 Å². The minimum absolute atomic E-state index is 0.184. The molecule has 156 valence electrons. The highest BCUT2D eigenvalue weighted by Gasteiger charge is 2.37. The number of carbonyl (C=O) groups excluding carboxylic acids is 1. The second-order valence-electron chi connectivity index (χ2n) is 7.39. The van der Waals surface area contributed by atoms with Gasteiger partial charge in [-0.25, -0.2) is 4.98 Å². The highest BCUT2D eigenvalue weighted by atomic mass is 32.1. The summed E-state index contributed by atoms with van der Waals surface area (Å²) < 4.78 is 46.3. The molecule has 0 fully saturated rings. The predicted octanol–water partition coefficient (Wildman–Crippen LogP) is 4.57. The van der Waals surface area contributed by atoms with Crippen molar-refractivity contribution in [3.05, 3.63) is 46.7 Å². The van der Waals surface area contributed by atoms with Crippen LogP contribution in [0.3, 0.4) is 0 Å². The first-order valence-electron chi connectivity index (χ1n) is 9.51. The fourth-order valence-corrected chi connectivity index (χ4v) is 4.75. The maximum Gasteiger partial charge on any atom is 0.425 e. The summed E-state index contributed by atoms with van der Waals surface area (Å²) in [5.41, 5.74) is 2.68. The fraction of sp³-hybridized carbons (Fsp3) is 0.350. The largest absolute Gasteiger partial charge is 0.477 e. The highest BCUT2D eigenvalue weighted by Crippen LogP contribution is 2.41. The third-order valence-corrected chi connectivity index (χ3v) is 6.46. The standard InChI is InChI=1S/C20H17F3N4O2S/c1-11-10-26(16-5-4-15(30-16)20(21,22)23)19(28)17-14(9-25-27(11)17)13-7-12-3-2-6-29-18(12)24-8-13/h4-5,7-9,11H,2-3,6,10H2,1H3/t11-/m0/s1. The number of carbonyl (C=O) groups is 1. The second-order valence-corrected chi connectivity index (χ2v) is 8.45. The van der Waals surface area contributed by atoms with E-state index in [-0.39, 0.29) is 23.5 Å². The van der Waals surface area contributed by atoms with Crippen molar-refractivity contribution < 1.29 is 22.7 Å². The third kappa shape index (κ3) is 3.06. The molecule has 5 rings (SSSR count). The number of aromatic nitrogens is 3. The minimum atomic E-state index is -4.43. The molecule has 0 saturated heterocycles. The first-order valence-corrected chi connectivity index (χ1v) is 10.3. The van der Waals surface area contributed by atoms with Gasteiger partial charge in [-0.3, -0.25) is 14.4 Å². The molecule has 3 aromatic heterocycles. The molecule has 0 spiro atoms. The van der Waals surface area contributed by atoms with Gasteiger partial charge in [-0.2, -0.15) is 18.3 Å². The normalized spacial score (nSPS) is 18.7. The number of hydrogen-bond acceptors (Lipinski definition) is 5. The van der Waals surface area contributed by atoms with E-state index in [9.17, 15) is 18.0 Å². The van der Waals surface area contributed by atoms with E-state index in [2.05, 4.69) is 10.1 Å². The van der Waals surface area contributed by atoms with Crippen LogP contribution in [0.4, 0.5) is 18.2 Å². The Kier molecular flexibility index (Phi) is 4.35. The summed E-state index contributed by atoms with van der Waals surface area (Å²) in [7, 11) is 0. The smallest absolute Gasteiger partial charge is 0.425 e. The molecule has 0 aromatic carbocycles. The maximum atomic E-state index is 13.3. The molecule has 0 aliphatic carbocycles. The number of amides is 1. The number of fused-ring (bicyclic) bond motifs is 2. The molecule has 0 saturated carbocycles. The van der Waals surface area contributed by atoms with Crippen LogP contribution in [0.25, 0.3) is 11.1 Å². The van der Waals surface area contributed by atoms with Crippen molar-refractivity contribution in [2.24, 2.45) is 0 Å². The number of anilines is 1. The summed E-state index contributed by atoms with van der Waals surface area (Å²) in [6, 6.07) is 4.12. The quantitative estimate of drug-likeness (QED) is 0.593. The Labute approximate surface area is 173 Å². The number of ether oxygens (including phenoxy) is 1. The average Bonchev–Trinajstić information content (AvgIpc) is 3.38. The first kappa shape index (κ1) is 19.1. The van der Waals surface area contributed by atoms with Crippen molar-refractivity contribution in [2.45, 2.75) is 32.0 Å². The van der Waals surface area contributed by atoms with Crippen LogP contribution in [0, 0.1) is 0 Å². The van der Waals surface area contributed by atoms with Gasteiger partial charge in [0.05, 0.1) is 23.8 Å². The van der Waals surface area contributed by atoms with Crippen LogP contribution in [0.5, 0.6) is 5.88 Å². The summed E-state index contributed by atoms with van der Waals surface area (Å²) in [6.07, 6.45) is 0.568. The Balaban J connectivity index is 1.55. The van der Waals surface area contributed by atoms with Gasteiger partial charge >= 0.3 is 6.18 Å². The molecule has 10 heteroatoms. The number of pyridine rings is 1. The third-order valence-electron chi connectivity index (χ3n) is 5.31. The summed E-state index contributed by atoms with van der Waals surface area (Å²) in [5.74, 6) is 0.232. The van der Waals surface area contributed by atoms with Crippen molar-refractivity contribution in [2.75, 3.05) is 18.1 Å². The molecule has 2 aliphatic heterocycles. The Morgan fingerprint density at radius 1 is 1.27 bits per heavy atom. The minimum Gasteiger partial charge on any atom is -0.477 e. The number of hydrogen-bond donors (Lipinski definition) is 0. The molecule has 0 bridgehead atoms. The molecule has 0 N–H and O–H groups in total. The zero-order valence-corrected chi connectivity index (χ0v) is 16.8. The molecule has 0 radical (unpaired) electrons. The number of nitrogens with zero attached hydrogens (tertiary/aromatic N) is 4. The highest BCUT2D eigenvalue weighted by molar-refractivity contribution is 7.16. The van der Waals surface area contributed by atoms with E-state index in [1.165, 1.54) is 11.0 Å². The van der Waals surface area contributed by atoms with Gasteiger partial charge in [0.15, 0.2) is 0 Å². The zero-order chi connectivity index (χ0) is 21.0. The molecule has 1 atom stereocenters. The Bertz CT molecular complexity index is 1140. The predicted molar refractivity (Wildman–Crippen MR) is 105 cm³/mol. The molecule has 6 nitrogen and oxygen atoms in total. The van der Waals surface area contributed by atoms with Crippen molar-refractivity contribution in [3.8, 4) is 17.0 Å². The maximum absolute atomic E-state index is 13.3. The Hall–Kier alpha value is -2.88. The Morgan fingerprint density at radius 2 is 2.10 bits per heavy atom. The van der Waals surface area contributed by atoms with Gasteiger partial charge in [-0.15, -0.1) is 11.3 Å². The van der Waals surface area contributed by atoms with Crippen molar-refractivity contribution in [1.82, 2.24) is 14.8 Å². The van der Waals surface area contributed by atoms with Crippen molar-refractivity contribution >= 4 is 22.2 Å².